The Morgan fingerprint density at radius 2 is 1.66 bits per heavy atom. The van der Waals surface area contributed by atoms with E-state index in [0.29, 0.717) is 5.56 Å². The molecule has 154 valence electrons. The van der Waals surface area contributed by atoms with Gasteiger partial charge in [-0.3, -0.25) is 14.9 Å². The first-order valence-electron chi connectivity index (χ1n) is 9.85. The summed E-state index contributed by atoms with van der Waals surface area (Å²) in [6, 6.07) is 10.9. The third kappa shape index (κ3) is 6.41. The first-order valence-corrected chi connectivity index (χ1v) is 9.85. The van der Waals surface area contributed by atoms with Gasteiger partial charge in [0.25, 0.3) is 11.6 Å². The summed E-state index contributed by atoms with van der Waals surface area (Å²) >= 11 is 0. The number of aryl methyl sites for hydroxylation is 1. The van der Waals surface area contributed by atoms with Gasteiger partial charge >= 0.3 is 5.97 Å². The molecule has 0 spiro atoms. The summed E-state index contributed by atoms with van der Waals surface area (Å²) in [7, 11) is 0. The predicted molar refractivity (Wildman–Crippen MR) is 112 cm³/mol. The van der Waals surface area contributed by atoms with Crippen molar-refractivity contribution < 1.29 is 19.6 Å². The highest BCUT2D eigenvalue weighted by atomic mass is 16.6. The lowest BCUT2D eigenvalue weighted by atomic mass is 10.0. The lowest BCUT2D eigenvalue weighted by Gasteiger charge is -2.09. The molecule has 0 fully saturated rings. The van der Waals surface area contributed by atoms with Crippen molar-refractivity contribution in [3.8, 4) is 0 Å². The van der Waals surface area contributed by atoms with E-state index in [1.54, 1.807) is 12.1 Å². The van der Waals surface area contributed by atoms with Crippen LogP contribution >= 0.6 is 0 Å². The zero-order valence-corrected chi connectivity index (χ0v) is 16.5. The Hall–Kier alpha value is -3.22. The van der Waals surface area contributed by atoms with Crippen molar-refractivity contribution in [1.82, 2.24) is 0 Å². The Morgan fingerprint density at radius 1 is 1.00 bits per heavy atom. The smallest absolute Gasteiger partial charge is 0.344 e. The van der Waals surface area contributed by atoms with Gasteiger partial charge in [-0.2, -0.15) is 0 Å². The Morgan fingerprint density at radius 3 is 2.28 bits per heavy atom. The van der Waals surface area contributed by atoms with E-state index in [0.717, 1.165) is 24.5 Å². The molecule has 0 aromatic heterocycles. The second-order valence-electron chi connectivity index (χ2n) is 6.93. The molecule has 0 aliphatic rings. The second kappa shape index (κ2) is 10.9. The number of nitrogens with zero attached hydrogens (tertiary/aromatic N) is 1. The summed E-state index contributed by atoms with van der Waals surface area (Å²) in [5, 5.41) is 22.8. The zero-order valence-electron chi connectivity index (χ0n) is 16.5. The van der Waals surface area contributed by atoms with E-state index in [1.807, 2.05) is 12.1 Å². The average molecular weight is 398 g/mol. The first kappa shape index (κ1) is 22.1. The van der Waals surface area contributed by atoms with Crippen LogP contribution in [0.2, 0.25) is 0 Å². The fourth-order valence-corrected chi connectivity index (χ4v) is 3.15. The van der Waals surface area contributed by atoms with Gasteiger partial charge in [-0.05, 0) is 36.6 Å². The number of amides is 1. The highest BCUT2D eigenvalue weighted by Crippen LogP contribution is 2.27. The van der Waals surface area contributed by atoms with Crippen molar-refractivity contribution in [2.75, 3.05) is 5.32 Å². The van der Waals surface area contributed by atoms with Crippen LogP contribution in [-0.2, 0) is 6.42 Å². The highest BCUT2D eigenvalue weighted by molar-refractivity contribution is 6.09. The van der Waals surface area contributed by atoms with Crippen molar-refractivity contribution in [3.63, 3.8) is 0 Å². The van der Waals surface area contributed by atoms with E-state index in [4.69, 9.17) is 0 Å². The largest absolute Gasteiger partial charge is 0.477 e. The molecule has 0 atom stereocenters. The van der Waals surface area contributed by atoms with Gasteiger partial charge in [0.15, 0.2) is 5.56 Å². The van der Waals surface area contributed by atoms with Gasteiger partial charge in [-0.25, -0.2) is 4.79 Å². The number of nitro benzene ring substituents is 1. The fourth-order valence-electron chi connectivity index (χ4n) is 3.15. The minimum absolute atomic E-state index is 0.104. The summed E-state index contributed by atoms with van der Waals surface area (Å²) in [6.45, 7) is 2.19. The lowest BCUT2D eigenvalue weighted by molar-refractivity contribution is -0.385. The van der Waals surface area contributed by atoms with Crippen molar-refractivity contribution >= 4 is 23.3 Å². The Balaban J connectivity index is 2.00. The Labute approximate surface area is 169 Å². The number of carboxylic acids is 1. The number of hydrogen-bond acceptors (Lipinski definition) is 4. The number of nitro groups is 1. The standard InChI is InChI=1S/C22H26N2O5/c1-2-3-4-5-6-7-9-16-12-14-17(15-13-16)21(25)23-18-10-8-11-19(24(28)29)20(18)22(26)27/h8,10-15H,2-7,9H2,1H3,(H,23,25)(H,26,27). The SMILES string of the molecule is CCCCCCCCc1ccc(C(=O)Nc2cccc([N+](=O)[O-])c2C(=O)O)cc1. The third-order valence-electron chi connectivity index (χ3n) is 4.74. The fraction of sp³-hybridized carbons (Fsp3) is 0.364. The van der Waals surface area contributed by atoms with Gasteiger partial charge in [-0.15, -0.1) is 0 Å². The maximum atomic E-state index is 12.5. The van der Waals surface area contributed by atoms with Crippen LogP contribution in [0.3, 0.4) is 0 Å². The average Bonchev–Trinajstić information content (AvgIpc) is 2.70. The van der Waals surface area contributed by atoms with Gasteiger partial charge < -0.3 is 10.4 Å². The van der Waals surface area contributed by atoms with E-state index < -0.39 is 28.1 Å². The predicted octanol–water partition coefficient (Wildman–Crippen LogP) is 5.45. The molecule has 0 aliphatic carbocycles. The minimum atomic E-state index is -1.47. The first-order chi connectivity index (χ1) is 13.9. The van der Waals surface area contributed by atoms with Crippen LogP contribution in [0.1, 0.15) is 71.7 Å². The van der Waals surface area contributed by atoms with Gasteiger partial charge in [0.05, 0.1) is 10.6 Å². The molecular formula is C22H26N2O5. The van der Waals surface area contributed by atoms with Gasteiger partial charge in [-0.1, -0.05) is 57.2 Å². The van der Waals surface area contributed by atoms with Gasteiger partial charge in [0.1, 0.15) is 0 Å². The molecule has 0 unspecified atom stereocenters. The number of benzene rings is 2. The molecule has 2 N–H and O–H groups in total. The molecule has 2 aromatic carbocycles. The quantitative estimate of drug-likeness (QED) is 0.297. The Kier molecular flexibility index (Phi) is 8.33. The number of carbonyl (C=O) groups excluding carboxylic acids is 1. The summed E-state index contributed by atoms with van der Waals surface area (Å²) in [6.07, 6.45) is 8.25. The monoisotopic (exact) mass is 398 g/mol. The minimum Gasteiger partial charge on any atom is -0.477 e. The van der Waals surface area contributed by atoms with E-state index in [2.05, 4.69) is 12.2 Å². The summed E-state index contributed by atoms with van der Waals surface area (Å²) in [4.78, 5) is 34.2. The molecule has 0 heterocycles. The molecule has 7 heteroatoms. The molecule has 2 aromatic rings. The molecule has 29 heavy (non-hydrogen) atoms. The molecule has 0 saturated heterocycles. The third-order valence-corrected chi connectivity index (χ3v) is 4.74. The van der Waals surface area contributed by atoms with E-state index in [1.165, 1.54) is 44.2 Å². The van der Waals surface area contributed by atoms with Crippen LogP contribution in [0.15, 0.2) is 42.5 Å². The maximum Gasteiger partial charge on any atom is 0.344 e. The molecular weight excluding hydrogens is 372 g/mol. The Bertz CT molecular complexity index is 862. The topological polar surface area (TPSA) is 110 Å². The summed E-state index contributed by atoms with van der Waals surface area (Å²) < 4.78 is 0. The number of nitrogens with one attached hydrogen (secondary N) is 1. The highest BCUT2D eigenvalue weighted by Gasteiger charge is 2.24. The number of unbranched alkanes of at least 4 members (excludes halogenated alkanes) is 5. The number of anilines is 1. The number of aromatic carboxylic acids is 1. The number of hydrogen-bond donors (Lipinski definition) is 2. The van der Waals surface area contributed by atoms with Crippen molar-refractivity contribution in [2.24, 2.45) is 0 Å². The van der Waals surface area contributed by atoms with Crippen LogP contribution < -0.4 is 5.32 Å². The zero-order chi connectivity index (χ0) is 21.2. The molecule has 0 bridgehead atoms. The van der Waals surface area contributed by atoms with Crippen LogP contribution in [0.25, 0.3) is 0 Å². The van der Waals surface area contributed by atoms with Crippen molar-refractivity contribution in [3.05, 3.63) is 69.3 Å². The van der Waals surface area contributed by atoms with E-state index in [-0.39, 0.29) is 5.69 Å². The normalized spacial score (nSPS) is 10.5. The van der Waals surface area contributed by atoms with Crippen molar-refractivity contribution in [1.29, 1.82) is 0 Å². The molecule has 0 radical (unpaired) electrons. The van der Waals surface area contributed by atoms with E-state index >= 15 is 0 Å². The number of rotatable bonds is 11. The lowest BCUT2D eigenvalue weighted by Crippen LogP contribution is -2.16. The van der Waals surface area contributed by atoms with Crippen LogP contribution in [0.4, 0.5) is 11.4 Å². The maximum absolute atomic E-state index is 12.5. The van der Waals surface area contributed by atoms with Gasteiger partial charge in [0, 0.05) is 11.6 Å². The molecule has 7 nitrogen and oxygen atoms in total. The van der Waals surface area contributed by atoms with Gasteiger partial charge in [0.2, 0.25) is 0 Å². The van der Waals surface area contributed by atoms with E-state index in [9.17, 15) is 24.8 Å². The second-order valence-corrected chi connectivity index (χ2v) is 6.93. The number of carboxylic acid groups (broad SMARTS) is 1. The van der Waals surface area contributed by atoms with Crippen LogP contribution in [0.5, 0.6) is 0 Å². The summed E-state index contributed by atoms with van der Waals surface area (Å²) in [5.41, 5.74) is 0.293. The van der Waals surface area contributed by atoms with Crippen molar-refractivity contribution in [2.45, 2.75) is 51.9 Å². The number of carbonyl (C=O) groups is 2. The van der Waals surface area contributed by atoms with Crippen LogP contribution in [-0.4, -0.2) is 21.9 Å². The molecule has 1 amide bonds. The van der Waals surface area contributed by atoms with Crippen LogP contribution in [0, 0.1) is 10.1 Å². The summed E-state index contributed by atoms with van der Waals surface area (Å²) in [5.74, 6) is -1.99. The molecule has 0 saturated carbocycles. The molecule has 0 aliphatic heterocycles. The molecule has 2 rings (SSSR count).